The van der Waals surface area contributed by atoms with Crippen LogP contribution in [0.1, 0.15) is 40.5 Å². The van der Waals surface area contributed by atoms with Crippen LogP contribution in [0.2, 0.25) is 0 Å². The molecule has 1 aliphatic carbocycles. The van der Waals surface area contributed by atoms with E-state index in [1.807, 2.05) is 6.92 Å². The molecule has 1 aromatic rings. The summed E-state index contributed by atoms with van der Waals surface area (Å²) in [4.78, 5) is 15.5. The lowest BCUT2D eigenvalue weighted by atomic mass is 9.99. The van der Waals surface area contributed by atoms with E-state index >= 15 is 0 Å². The molecule has 0 atom stereocenters. The van der Waals surface area contributed by atoms with Crippen LogP contribution in [0.3, 0.4) is 0 Å². The normalized spacial score (nSPS) is 13.6. The molecule has 16 heavy (non-hydrogen) atoms. The minimum atomic E-state index is -0.948. The molecule has 1 aliphatic rings. The highest BCUT2D eigenvalue weighted by molar-refractivity contribution is 5.92. The monoisotopic (exact) mass is 221 g/mol. The maximum atomic E-state index is 11.2. The number of fused-ring (bicyclic) bond motifs is 1. The van der Waals surface area contributed by atoms with E-state index in [1.165, 1.54) is 7.11 Å². The van der Waals surface area contributed by atoms with E-state index in [-0.39, 0.29) is 11.4 Å². The van der Waals surface area contributed by atoms with Crippen LogP contribution in [0.15, 0.2) is 0 Å². The summed E-state index contributed by atoms with van der Waals surface area (Å²) in [5.41, 5.74) is 3.27. The van der Waals surface area contributed by atoms with E-state index in [2.05, 4.69) is 4.98 Å². The van der Waals surface area contributed by atoms with E-state index in [0.717, 1.165) is 36.1 Å². The predicted octanol–water partition coefficient (Wildman–Crippen LogP) is 1.84. The first-order valence-electron chi connectivity index (χ1n) is 5.51. The lowest BCUT2D eigenvalue weighted by molar-refractivity contribution is 0.0691. The molecule has 0 amide bonds. The van der Waals surface area contributed by atoms with Crippen LogP contribution >= 0.6 is 0 Å². The van der Waals surface area contributed by atoms with Crippen LogP contribution in [-0.2, 0) is 19.3 Å². The molecule has 0 aromatic carbocycles. The Hall–Kier alpha value is -1.58. The van der Waals surface area contributed by atoms with Crippen molar-refractivity contribution >= 4 is 5.97 Å². The zero-order valence-corrected chi connectivity index (χ0v) is 9.54. The zero-order valence-electron chi connectivity index (χ0n) is 9.54. The number of hydrogen-bond acceptors (Lipinski definition) is 3. The number of carboxylic acids is 1. The summed E-state index contributed by atoms with van der Waals surface area (Å²) in [6.07, 6.45) is 3.64. The van der Waals surface area contributed by atoms with Crippen LogP contribution in [0.25, 0.3) is 0 Å². The number of aromatic carboxylic acids is 1. The second kappa shape index (κ2) is 4.12. The van der Waals surface area contributed by atoms with Gasteiger partial charge in [-0.25, -0.2) is 9.78 Å². The minimum Gasteiger partial charge on any atom is -0.480 e. The van der Waals surface area contributed by atoms with Crippen molar-refractivity contribution in [3.05, 3.63) is 22.4 Å². The molecule has 1 N–H and O–H groups in total. The van der Waals surface area contributed by atoms with Gasteiger partial charge in [-0.15, -0.1) is 0 Å². The van der Waals surface area contributed by atoms with Gasteiger partial charge in [0, 0.05) is 5.69 Å². The Balaban J connectivity index is 2.69. The van der Waals surface area contributed by atoms with Crippen molar-refractivity contribution in [3.63, 3.8) is 0 Å². The number of pyridine rings is 1. The minimum absolute atomic E-state index is 0.241. The average molecular weight is 221 g/mol. The number of ether oxygens (including phenoxy) is 1. The van der Waals surface area contributed by atoms with Gasteiger partial charge in [-0.1, -0.05) is 6.92 Å². The molecular weight excluding hydrogens is 206 g/mol. The Kier molecular flexibility index (Phi) is 2.81. The zero-order chi connectivity index (χ0) is 11.7. The molecular formula is C12H15NO3. The molecule has 0 unspecified atom stereocenters. The maximum Gasteiger partial charge on any atom is 0.341 e. The van der Waals surface area contributed by atoms with Crippen LogP contribution in [-0.4, -0.2) is 23.2 Å². The predicted molar refractivity (Wildman–Crippen MR) is 59.2 cm³/mol. The van der Waals surface area contributed by atoms with Crippen molar-refractivity contribution in [2.75, 3.05) is 7.11 Å². The van der Waals surface area contributed by atoms with Crippen LogP contribution in [0, 0.1) is 0 Å². The fourth-order valence-electron chi connectivity index (χ4n) is 2.39. The number of rotatable bonds is 3. The first-order chi connectivity index (χ1) is 7.69. The van der Waals surface area contributed by atoms with Crippen molar-refractivity contribution in [1.29, 1.82) is 0 Å². The van der Waals surface area contributed by atoms with Crippen LogP contribution in [0.4, 0.5) is 0 Å². The summed E-state index contributed by atoms with van der Waals surface area (Å²) in [6, 6.07) is 0. The van der Waals surface area contributed by atoms with Gasteiger partial charge in [0.05, 0.1) is 7.11 Å². The van der Waals surface area contributed by atoms with Gasteiger partial charge in [-0.2, -0.15) is 0 Å². The molecule has 4 heteroatoms. The fourth-order valence-corrected chi connectivity index (χ4v) is 2.39. The van der Waals surface area contributed by atoms with Crippen molar-refractivity contribution in [2.24, 2.45) is 0 Å². The number of aryl methyl sites for hydroxylation is 1. The number of methoxy groups -OCH3 is 1. The second-order valence-electron chi connectivity index (χ2n) is 3.91. The summed E-state index contributed by atoms with van der Waals surface area (Å²) in [6.45, 7) is 1.97. The topological polar surface area (TPSA) is 59.4 Å². The van der Waals surface area contributed by atoms with E-state index in [4.69, 9.17) is 4.74 Å². The summed E-state index contributed by atoms with van der Waals surface area (Å²) >= 11 is 0. The van der Waals surface area contributed by atoms with Gasteiger partial charge < -0.3 is 9.84 Å². The largest absolute Gasteiger partial charge is 0.480 e. The maximum absolute atomic E-state index is 11.2. The van der Waals surface area contributed by atoms with Gasteiger partial charge >= 0.3 is 5.97 Å². The number of carbonyl (C=O) groups is 1. The number of nitrogens with zero attached hydrogens (tertiary/aromatic N) is 1. The SMILES string of the molecule is CCc1c2c(nc(OC)c1C(=O)O)CCC2. The van der Waals surface area contributed by atoms with Crippen molar-refractivity contribution in [3.8, 4) is 5.88 Å². The fraction of sp³-hybridized carbons (Fsp3) is 0.500. The molecule has 0 aliphatic heterocycles. The third-order valence-electron chi connectivity index (χ3n) is 3.07. The summed E-state index contributed by atoms with van der Waals surface area (Å²) in [7, 11) is 1.47. The van der Waals surface area contributed by atoms with Gasteiger partial charge in [0.15, 0.2) is 0 Å². The second-order valence-corrected chi connectivity index (χ2v) is 3.91. The highest BCUT2D eigenvalue weighted by Gasteiger charge is 2.25. The quantitative estimate of drug-likeness (QED) is 0.846. The molecule has 1 heterocycles. The Morgan fingerprint density at radius 2 is 2.25 bits per heavy atom. The standard InChI is InChI=1S/C12H15NO3/c1-3-7-8-5-4-6-9(8)13-11(16-2)10(7)12(14)15/h3-6H2,1-2H3,(H,14,15). The van der Waals surface area contributed by atoms with Crippen LogP contribution < -0.4 is 4.74 Å². The molecule has 0 radical (unpaired) electrons. The van der Waals surface area contributed by atoms with E-state index < -0.39 is 5.97 Å². The molecule has 86 valence electrons. The van der Waals surface area contributed by atoms with Crippen molar-refractivity contribution < 1.29 is 14.6 Å². The van der Waals surface area contributed by atoms with Gasteiger partial charge in [0.2, 0.25) is 5.88 Å². The molecule has 0 fully saturated rings. The van der Waals surface area contributed by atoms with E-state index in [1.54, 1.807) is 0 Å². The third-order valence-corrected chi connectivity index (χ3v) is 3.07. The third kappa shape index (κ3) is 1.54. The highest BCUT2D eigenvalue weighted by atomic mass is 16.5. The molecule has 0 spiro atoms. The summed E-state index contributed by atoms with van der Waals surface area (Å²) < 4.78 is 5.08. The number of aromatic nitrogens is 1. The molecule has 2 rings (SSSR count). The first-order valence-corrected chi connectivity index (χ1v) is 5.51. The smallest absolute Gasteiger partial charge is 0.341 e. The first kappa shape index (κ1) is 10.9. The van der Waals surface area contributed by atoms with Gasteiger partial charge in [-0.05, 0) is 36.8 Å². The Morgan fingerprint density at radius 1 is 1.50 bits per heavy atom. The van der Waals surface area contributed by atoms with Crippen LogP contribution in [0.5, 0.6) is 5.88 Å². The van der Waals surface area contributed by atoms with Crippen molar-refractivity contribution in [1.82, 2.24) is 4.98 Å². The van der Waals surface area contributed by atoms with Gasteiger partial charge in [0.1, 0.15) is 5.56 Å². The van der Waals surface area contributed by atoms with E-state index in [9.17, 15) is 9.90 Å². The Morgan fingerprint density at radius 3 is 2.81 bits per heavy atom. The highest BCUT2D eigenvalue weighted by Crippen LogP contribution is 2.31. The molecule has 0 saturated carbocycles. The number of hydrogen-bond donors (Lipinski definition) is 1. The van der Waals surface area contributed by atoms with Gasteiger partial charge in [-0.3, -0.25) is 0 Å². The lowest BCUT2D eigenvalue weighted by Crippen LogP contribution is -2.10. The van der Waals surface area contributed by atoms with Crippen molar-refractivity contribution in [2.45, 2.75) is 32.6 Å². The molecule has 0 bridgehead atoms. The van der Waals surface area contributed by atoms with E-state index in [0.29, 0.717) is 6.42 Å². The Bertz CT molecular complexity index is 440. The molecule has 1 aromatic heterocycles. The van der Waals surface area contributed by atoms with Gasteiger partial charge in [0.25, 0.3) is 0 Å². The number of carboxylic acid groups (broad SMARTS) is 1. The summed E-state index contributed by atoms with van der Waals surface area (Å²) in [5, 5.41) is 9.22. The molecule has 4 nitrogen and oxygen atoms in total. The molecule has 0 saturated heterocycles. The Labute approximate surface area is 94.3 Å². The summed E-state index contributed by atoms with van der Waals surface area (Å²) in [5.74, 6) is -0.694. The average Bonchev–Trinajstić information content (AvgIpc) is 2.73. The lowest BCUT2D eigenvalue weighted by Gasteiger charge is -2.13.